The quantitative estimate of drug-likeness (QED) is 0.466. The molecule has 1 aromatic carbocycles. The zero-order valence-electron chi connectivity index (χ0n) is 10.3. The van der Waals surface area contributed by atoms with Crippen LogP contribution in [0.1, 0.15) is 18.4 Å². The van der Waals surface area contributed by atoms with Gasteiger partial charge in [-0.25, -0.2) is 5.84 Å². The molecule has 6 nitrogen and oxygen atoms in total. The Morgan fingerprint density at radius 3 is 3.05 bits per heavy atom. The summed E-state index contributed by atoms with van der Waals surface area (Å²) in [5, 5.41) is 8.93. The highest BCUT2D eigenvalue weighted by Gasteiger charge is 2.30. The predicted octanol–water partition coefficient (Wildman–Crippen LogP) is 0.475. The first-order valence-corrected chi connectivity index (χ1v) is 6.02. The van der Waals surface area contributed by atoms with Crippen LogP contribution in [-0.4, -0.2) is 24.7 Å². The van der Waals surface area contributed by atoms with E-state index in [2.05, 4.69) is 11.5 Å². The molecule has 1 heterocycles. The molecule has 6 heteroatoms. The second kappa shape index (κ2) is 6.18. The second-order valence-electron chi connectivity index (χ2n) is 4.25. The van der Waals surface area contributed by atoms with Crippen LogP contribution in [0.15, 0.2) is 24.3 Å². The third-order valence-corrected chi connectivity index (χ3v) is 2.97. The Balaban J connectivity index is 1.87. The minimum Gasteiger partial charge on any atom is -0.489 e. The number of para-hydroxylation sites is 1. The largest absolute Gasteiger partial charge is 0.489 e. The van der Waals surface area contributed by atoms with Crippen molar-refractivity contribution in [2.24, 2.45) is 5.84 Å². The fourth-order valence-corrected chi connectivity index (χ4v) is 1.98. The Kier molecular flexibility index (Phi) is 4.34. The molecule has 1 aliphatic rings. The van der Waals surface area contributed by atoms with Crippen molar-refractivity contribution in [1.29, 1.82) is 5.26 Å². The normalized spacial score (nSPS) is 21.7. The molecule has 1 aliphatic heterocycles. The predicted molar refractivity (Wildman–Crippen MR) is 66.9 cm³/mol. The van der Waals surface area contributed by atoms with E-state index in [4.69, 9.17) is 20.6 Å². The Hall–Kier alpha value is -2.10. The van der Waals surface area contributed by atoms with Crippen LogP contribution in [0.5, 0.6) is 5.75 Å². The number of amides is 1. The number of nitrogens with one attached hydrogen (secondary N) is 1. The number of carbonyl (C=O) groups is 1. The van der Waals surface area contributed by atoms with Crippen LogP contribution in [0, 0.1) is 11.3 Å². The van der Waals surface area contributed by atoms with Gasteiger partial charge in [-0.1, -0.05) is 12.1 Å². The van der Waals surface area contributed by atoms with Crippen molar-refractivity contribution in [2.45, 2.75) is 25.0 Å². The fraction of sp³-hybridized carbons (Fsp3) is 0.385. The maximum Gasteiger partial charge on any atom is 0.263 e. The van der Waals surface area contributed by atoms with Crippen LogP contribution >= 0.6 is 0 Å². The van der Waals surface area contributed by atoms with Gasteiger partial charge in [-0.15, -0.1) is 0 Å². The molecule has 1 aromatic rings. The van der Waals surface area contributed by atoms with E-state index in [1.165, 1.54) is 0 Å². The van der Waals surface area contributed by atoms with Gasteiger partial charge in [-0.3, -0.25) is 10.2 Å². The van der Waals surface area contributed by atoms with Gasteiger partial charge >= 0.3 is 0 Å². The summed E-state index contributed by atoms with van der Waals surface area (Å²) < 4.78 is 11.1. The van der Waals surface area contributed by atoms with Crippen LogP contribution in [0.3, 0.4) is 0 Å². The highest BCUT2D eigenvalue weighted by Crippen LogP contribution is 2.22. The number of hydrazine groups is 1. The molecule has 0 aliphatic carbocycles. The van der Waals surface area contributed by atoms with Gasteiger partial charge in [0.1, 0.15) is 24.5 Å². The highest BCUT2D eigenvalue weighted by atomic mass is 16.5. The number of carbonyl (C=O) groups excluding carboxylic acids is 1. The summed E-state index contributed by atoms with van der Waals surface area (Å²) in [4.78, 5) is 11.3. The average molecular weight is 261 g/mol. The van der Waals surface area contributed by atoms with Crippen LogP contribution in [0.25, 0.3) is 0 Å². The van der Waals surface area contributed by atoms with Gasteiger partial charge in [-0.05, 0) is 25.0 Å². The molecule has 2 rings (SSSR count). The molecule has 2 atom stereocenters. The molecule has 3 N–H and O–H groups in total. The van der Waals surface area contributed by atoms with Crippen molar-refractivity contribution in [3.05, 3.63) is 29.8 Å². The monoisotopic (exact) mass is 261 g/mol. The third-order valence-electron chi connectivity index (χ3n) is 2.97. The molecule has 0 aromatic heterocycles. The summed E-state index contributed by atoms with van der Waals surface area (Å²) in [6.07, 6.45) is 0.683. The Morgan fingerprint density at radius 2 is 2.32 bits per heavy atom. The van der Waals surface area contributed by atoms with Crippen molar-refractivity contribution in [1.82, 2.24) is 5.43 Å². The van der Waals surface area contributed by atoms with Crippen molar-refractivity contribution in [3.8, 4) is 11.8 Å². The molecule has 1 fully saturated rings. The fourth-order valence-electron chi connectivity index (χ4n) is 1.98. The maximum atomic E-state index is 11.3. The van der Waals surface area contributed by atoms with Gasteiger partial charge in [0, 0.05) is 0 Å². The Bertz CT molecular complexity index is 498. The number of rotatable bonds is 4. The number of nitrogens with two attached hydrogens (primary N) is 1. The number of nitriles is 1. The topological polar surface area (TPSA) is 97.4 Å². The standard InChI is InChI=1S/C13H15N3O3/c14-7-9-3-1-2-4-11(9)18-8-10-5-6-12(19-10)13(17)16-15/h1-4,10,12H,5-6,8,15H2,(H,16,17). The second-order valence-corrected chi connectivity index (χ2v) is 4.25. The van der Waals surface area contributed by atoms with E-state index in [9.17, 15) is 4.79 Å². The first-order valence-electron chi connectivity index (χ1n) is 6.02. The molecule has 0 bridgehead atoms. The summed E-state index contributed by atoms with van der Waals surface area (Å²) in [5.74, 6) is 5.26. The van der Waals surface area contributed by atoms with E-state index < -0.39 is 6.10 Å². The Labute approximate surface area is 111 Å². The minimum atomic E-state index is -0.509. The molecule has 1 amide bonds. The van der Waals surface area contributed by atoms with Crippen LogP contribution in [0.2, 0.25) is 0 Å². The van der Waals surface area contributed by atoms with Crippen LogP contribution < -0.4 is 16.0 Å². The summed E-state index contributed by atoms with van der Waals surface area (Å²) in [6.45, 7) is 0.313. The lowest BCUT2D eigenvalue weighted by Gasteiger charge is -2.14. The molecular formula is C13H15N3O3. The van der Waals surface area contributed by atoms with Crippen LogP contribution in [-0.2, 0) is 9.53 Å². The lowest BCUT2D eigenvalue weighted by molar-refractivity contribution is -0.132. The van der Waals surface area contributed by atoms with Crippen LogP contribution in [0.4, 0.5) is 0 Å². The lowest BCUT2D eigenvalue weighted by atomic mass is 10.2. The number of hydrogen-bond acceptors (Lipinski definition) is 5. The van der Waals surface area contributed by atoms with E-state index >= 15 is 0 Å². The zero-order chi connectivity index (χ0) is 13.7. The van der Waals surface area contributed by atoms with Gasteiger partial charge in [0.15, 0.2) is 0 Å². The third kappa shape index (κ3) is 3.22. The zero-order valence-corrected chi connectivity index (χ0v) is 10.3. The summed E-state index contributed by atoms with van der Waals surface area (Å²) in [6, 6.07) is 9.06. The number of benzene rings is 1. The molecule has 2 unspecified atom stereocenters. The smallest absolute Gasteiger partial charge is 0.263 e. The first-order chi connectivity index (χ1) is 9.24. The van der Waals surface area contributed by atoms with Gasteiger partial charge in [0.25, 0.3) is 5.91 Å². The van der Waals surface area contributed by atoms with Gasteiger partial charge in [0.2, 0.25) is 0 Å². The molecule has 0 saturated carbocycles. The average Bonchev–Trinajstić information content (AvgIpc) is 2.93. The molecule has 0 spiro atoms. The molecule has 1 saturated heterocycles. The van der Waals surface area contributed by atoms with Gasteiger partial charge in [-0.2, -0.15) is 5.26 Å². The van der Waals surface area contributed by atoms with E-state index in [0.29, 0.717) is 24.3 Å². The van der Waals surface area contributed by atoms with E-state index in [-0.39, 0.29) is 12.0 Å². The van der Waals surface area contributed by atoms with E-state index in [0.717, 1.165) is 6.42 Å². The summed E-state index contributed by atoms with van der Waals surface area (Å²) >= 11 is 0. The Morgan fingerprint density at radius 1 is 1.53 bits per heavy atom. The summed E-state index contributed by atoms with van der Waals surface area (Å²) in [7, 11) is 0. The van der Waals surface area contributed by atoms with Crippen molar-refractivity contribution in [3.63, 3.8) is 0 Å². The SMILES string of the molecule is N#Cc1ccccc1OCC1CCC(C(=O)NN)O1. The summed E-state index contributed by atoms with van der Waals surface area (Å²) in [5.41, 5.74) is 2.55. The molecule has 100 valence electrons. The van der Waals surface area contributed by atoms with Crippen molar-refractivity contribution >= 4 is 5.91 Å². The lowest BCUT2D eigenvalue weighted by Crippen LogP contribution is -2.39. The van der Waals surface area contributed by atoms with Gasteiger partial charge in [0.05, 0.1) is 11.7 Å². The van der Waals surface area contributed by atoms with Gasteiger partial charge < -0.3 is 9.47 Å². The first kappa shape index (κ1) is 13.3. The minimum absolute atomic E-state index is 0.158. The number of nitrogens with zero attached hydrogens (tertiary/aromatic N) is 1. The number of hydrogen-bond donors (Lipinski definition) is 2. The van der Waals surface area contributed by atoms with Crippen molar-refractivity contribution in [2.75, 3.05) is 6.61 Å². The van der Waals surface area contributed by atoms with E-state index in [1.807, 2.05) is 0 Å². The highest BCUT2D eigenvalue weighted by molar-refractivity contribution is 5.80. The number of ether oxygens (including phenoxy) is 2. The molecule has 0 radical (unpaired) electrons. The maximum absolute atomic E-state index is 11.3. The van der Waals surface area contributed by atoms with Crippen molar-refractivity contribution < 1.29 is 14.3 Å². The van der Waals surface area contributed by atoms with E-state index in [1.54, 1.807) is 24.3 Å². The molecule has 19 heavy (non-hydrogen) atoms. The molecular weight excluding hydrogens is 246 g/mol.